The Morgan fingerprint density at radius 3 is 1.55 bits per heavy atom. The van der Waals surface area contributed by atoms with Crippen molar-refractivity contribution in [3.63, 3.8) is 0 Å². The zero-order chi connectivity index (χ0) is 44.3. The molecule has 14 nitrogen and oxygen atoms in total. The highest BCUT2D eigenvalue weighted by Crippen LogP contribution is 2.31. The third kappa shape index (κ3) is 15.7. The lowest BCUT2D eigenvalue weighted by atomic mass is 9.98. The summed E-state index contributed by atoms with van der Waals surface area (Å²) >= 11 is 0. The average Bonchev–Trinajstić information content (AvgIpc) is 3.27. The van der Waals surface area contributed by atoms with Crippen LogP contribution in [0.15, 0.2) is 121 Å². The fourth-order valence-corrected chi connectivity index (χ4v) is 6.61. The van der Waals surface area contributed by atoms with Gasteiger partial charge < -0.3 is 49.1 Å². The van der Waals surface area contributed by atoms with E-state index in [0.29, 0.717) is 0 Å². The first-order valence-corrected chi connectivity index (χ1v) is 20.8. The Labute approximate surface area is 363 Å². The van der Waals surface area contributed by atoms with Crippen LogP contribution in [-0.4, -0.2) is 85.9 Å². The molecule has 1 heterocycles. The predicted molar refractivity (Wildman–Crippen MR) is 230 cm³/mol. The molecule has 1 saturated heterocycles. The number of rotatable bonds is 21. The monoisotopic (exact) mass is 853 g/mol. The number of ether oxygens (including phenoxy) is 7. The van der Waals surface area contributed by atoms with E-state index in [1.165, 1.54) is 7.05 Å². The Bertz CT molecular complexity index is 1970. The van der Waals surface area contributed by atoms with Crippen LogP contribution in [0.3, 0.4) is 0 Å². The summed E-state index contributed by atoms with van der Waals surface area (Å²) in [7, 11) is 1.42. The number of alkyl carbamates (subject to hydrolysis) is 1. The first kappa shape index (κ1) is 47.4. The zero-order valence-corrected chi connectivity index (χ0v) is 36.0. The first-order chi connectivity index (χ1) is 29.9. The maximum atomic E-state index is 14.1. The van der Waals surface area contributed by atoms with Crippen molar-refractivity contribution in [2.45, 2.75) is 115 Å². The summed E-state index contributed by atoms with van der Waals surface area (Å²) in [6, 6.07) is 35.7. The number of hydrogen-bond donors (Lipinski definition) is 3. The van der Waals surface area contributed by atoms with Gasteiger partial charge in [0.25, 0.3) is 0 Å². The van der Waals surface area contributed by atoms with Crippen LogP contribution in [0.2, 0.25) is 0 Å². The molecule has 0 aliphatic carbocycles. The lowest BCUT2D eigenvalue weighted by Gasteiger charge is -2.45. The van der Waals surface area contributed by atoms with Gasteiger partial charge in [-0.05, 0) is 56.4 Å². The van der Waals surface area contributed by atoms with Crippen molar-refractivity contribution in [3.05, 3.63) is 144 Å². The molecule has 0 aromatic heterocycles. The summed E-state index contributed by atoms with van der Waals surface area (Å²) in [6.07, 6.45) is -5.12. The largest absolute Gasteiger partial charge is 0.461 e. The van der Waals surface area contributed by atoms with Gasteiger partial charge in [-0.3, -0.25) is 14.4 Å². The first-order valence-electron chi connectivity index (χ1n) is 20.8. The Morgan fingerprint density at radius 1 is 0.597 bits per heavy atom. The van der Waals surface area contributed by atoms with Crippen LogP contribution < -0.4 is 16.0 Å². The molecule has 3 amide bonds. The highest BCUT2D eigenvalue weighted by molar-refractivity contribution is 5.91. The van der Waals surface area contributed by atoms with E-state index < -0.39 is 78.9 Å². The number of benzene rings is 4. The molecule has 4 aromatic carbocycles. The van der Waals surface area contributed by atoms with Gasteiger partial charge >= 0.3 is 12.1 Å². The lowest BCUT2D eigenvalue weighted by Crippen LogP contribution is -2.61. The van der Waals surface area contributed by atoms with E-state index in [4.69, 9.17) is 33.2 Å². The number of amides is 3. The summed E-state index contributed by atoms with van der Waals surface area (Å²) in [5.74, 6) is -1.87. The molecular formula is C48H59N3O11. The second-order valence-electron chi connectivity index (χ2n) is 15.9. The smallest absolute Gasteiger partial charge is 0.408 e. The van der Waals surface area contributed by atoms with E-state index >= 15 is 0 Å². The van der Waals surface area contributed by atoms with Gasteiger partial charge in [-0.25, -0.2) is 4.79 Å². The minimum atomic E-state index is -1.40. The molecule has 1 fully saturated rings. The van der Waals surface area contributed by atoms with Gasteiger partial charge in [-0.15, -0.1) is 0 Å². The molecule has 0 radical (unpaired) electrons. The summed E-state index contributed by atoms with van der Waals surface area (Å²) in [5.41, 5.74) is 2.69. The Hall–Kier alpha value is -5.64. The van der Waals surface area contributed by atoms with Crippen LogP contribution in [-0.2, 0) is 74.0 Å². The summed E-state index contributed by atoms with van der Waals surface area (Å²) in [6.45, 7) is 7.22. The number of carbonyl (C=O) groups excluding carboxylic acids is 4. The summed E-state index contributed by atoms with van der Waals surface area (Å²) < 4.78 is 43.6. The molecule has 1 aliphatic rings. The Morgan fingerprint density at radius 2 is 1.06 bits per heavy atom. The van der Waals surface area contributed by atoms with Gasteiger partial charge in [0.05, 0.1) is 32.5 Å². The van der Waals surface area contributed by atoms with Crippen molar-refractivity contribution in [3.8, 4) is 0 Å². The minimum absolute atomic E-state index is 0.0614. The van der Waals surface area contributed by atoms with Crippen molar-refractivity contribution in [2.75, 3.05) is 13.7 Å². The molecule has 3 N–H and O–H groups in total. The molecule has 0 unspecified atom stereocenters. The van der Waals surface area contributed by atoms with E-state index in [1.807, 2.05) is 128 Å². The minimum Gasteiger partial charge on any atom is -0.461 e. The van der Waals surface area contributed by atoms with Gasteiger partial charge in [0, 0.05) is 13.5 Å². The second-order valence-corrected chi connectivity index (χ2v) is 15.9. The van der Waals surface area contributed by atoms with Gasteiger partial charge in [0.1, 0.15) is 42.6 Å². The maximum absolute atomic E-state index is 14.1. The maximum Gasteiger partial charge on any atom is 0.408 e. The lowest BCUT2D eigenvalue weighted by molar-refractivity contribution is -0.320. The summed E-state index contributed by atoms with van der Waals surface area (Å²) in [4.78, 5) is 53.0. The quantitative estimate of drug-likeness (QED) is 0.0823. The van der Waals surface area contributed by atoms with Crippen LogP contribution in [0.25, 0.3) is 0 Å². The van der Waals surface area contributed by atoms with Crippen molar-refractivity contribution in [1.29, 1.82) is 0 Å². The molecule has 62 heavy (non-hydrogen) atoms. The second kappa shape index (κ2) is 24.1. The number of nitrogens with one attached hydrogen (secondary N) is 3. The van der Waals surface area contributed by atoms with Crippen molar-refractivity contribution in [2.24, 2.45) is 0 Å². The Balaban J connectivity index is 1.37. The fraction of sp³-hybridized carbons (Fsp3) is 0.417. The molecular weight excluding hydrogens is 795 g/mol. The topological polar surface area (TPSA) is 169 Å². The number of carbonyl (C=O) groups is 4. The highest BCUT2D eigenvalue weighted by Gasteiger charge is 2.48. The third-order valence-corrected chi connectivity index (χ3v) is 9.78. The molecule has 14 heteroatoms. The van der Waals surface area contributed by atoms with Crippen LogP contribution in [0.5, 0.6) is 0 Å². The van der Waals surface area contributed by atoms with E-state index in [0.717, 1.165) is 22.3 Å². The van der Waals surface area contributed by atoms with Crippen LogP contribution in [0.4, 0.5) is 4.79 Å². The van der Waals surface area contributed by atoms with E-state index in [9.17, 15) is 19.2 Å². The predicted octanol–water partition coefficient (Wildman–Crippen LogP) is 6.15. The van der Waals surface area contributed by atoms with E-state index in [2.05, 4.69) is 16.0 Å². The van der Waals surface area contributed by atoms with E-state index in [1.54, 1.807) is 20.8 Å². The number of likely N-dealkylation sites (N-methyl/N-ethyl adjacent to an activating group) is 1. The standard InChI is InChI=1S/C48H59N3O11/c1-33-41(57-29-35-20-12-7-13-21-35)42(58-30-36-22-14-8-15-23-36)43(59-31-37-24-16-9-17-25-37)46(61-33)60-32-39(51-47(55)62-48(2,3)4)45(54)50-38(44(53)49-5)26-27-40(52)56-28-34-18-10-6-11-19-34/h6-25,33,38-39,41-43,46H,26-32H2,1-5H3,(H,49,53)(H,50,54)(H,51,55)/t33-,38+,39-,41+,42+,43-,46+/m0/s1. The number of esters is 1. The number of hydrogen-bond acceptors (Lipinski definition) is 11. The van der Waals surface area contributed by atoms with E-state index in [-0.39, 0.29) is 39.3 Å². The van der Waals surface area contributed by atoms with Gasteiger partial charge in [0.15, 0.2) is 6.29 Å². The molecule has 0 saturated carbocycles. The third-order valence-electron chi connectivity index (χ3n) is 9.78. The highest BCUT2D eigenvalue weighted by atomic mass is 16.7. The molecule has 7 atom stereocenters. The average molecular weight is 854 g/mol. The van der Waals surface area contributed by atoms with Gasteiger partial charge in [-0.1, -0.05) is 121 Å². The van der Waals surface area contributed by atoms with Gasteiger partial charge in [0.2, 0.25) is 11.8 Å². The van der Waals surface area contributed by atoms with Crippen molar-refractivity contribution >= 4 is 23.9 Å². The molecule has 1 aliphatic heterocycles. The van der Waals surface area contributed by atoms with Crippen LogP contribution in [0.1, 0.15) is 62.8 Å². The molecule has 0 bridgehead atoms. The molecule has 332 valence electrons. The van der Waals surface area contributed by atoms with Gasteiger partial charge in [-0.2, -0.15) is 0 Å². The SMILES string of the molecule is CNC(=O)[C@@H](CCC(=O)OCc1ccccc1)NC(=O)[C@H](CO[C@@H]1O[C@@H](C)[C@@H](OCc2ccccc2)[C@@H](OCc2ccccc2)[C@@H]1OCc1ccccc1)NC(=O)OC(C)(C)C. The Kier molecular flexibility index (Phi) is 18.4. The van der Waals surface area contributed by atoms with Crippen LogP contribution >= 0.6 is 0 Å². The molecule has 0 spiro atoms. The summed E-state index contributed by atoms with van der Waals surface area (Å²) in [5, 5.41) is 7.80. The molecule has 5 rings (SSSR count). The van der Waals surface area contributed by atoms with Crippen molar-refractivity contribution < 1.29 is 52.3 Å². The van der Waals surface area contributed by atoms with Crippen molar-refractivity contribution in [1.82, 2.24) is 16.0 Å². The zero-order valence-electron chi connectivity index (χ0n) is 36.0. The fourth-order valence-electron chi connectivity index (χ4n) is 6.61. The normalized spacial score (nSPS) is 19.7. The van der Waals surface area contributed by atoms with Crippen LogP contribution in [0, 0.1) is 0 Å². The molecule has 4 aromatic rings.